The first kappa shape index (κ1) is 16.9. The van der Waals surface area contributed by atoms with E-state index in [2.05, 4.69) is 23.5 Å². The third-order valence-electron chi connectivity index (χ3n) is 2.46. The first-order valence-corrected chi connectivity index (χ1v) is 6.65. The van der Waals surface area contributed by atoms with E-state index in [0.717, 1.165) is 12.8 Å². The topological polar surface area (TPSA) is 66.8 Å². The van der Waals surface area contributed by atoms with Crippen LogP contribution in [0.3, 0.4) is 0 Å². The molecule has 1 atom stereocenters. The van der Waals surface area contributed by atoms with E-state index in [0.29, 0.717) is 6.42 Å². The summed E-state index contributed by atoms with van der Waals surface area (Å²) in [6, 6.07) is 0. The van der Waals surface area contributed by atoms with Gasteiger partial charge in [0.15, 0.2) is 0 Å². The van der Waals surface area contributed by atoms with Crippen LogP contribution in [0, 0.1) is 11.8 Å². The van der Waals surface area contributed by atoms with E-state index in [-0.39, 0.29) is 6.61 Å². The van der Waals surface area contributed by atoms with Crippen molar-refractivity contribution in [1.29, 1.82) is 0 Å². The third-order valence-corrected chi connectivity index (χ3v) is 2.46. The average molecular weight is 256 g/mol. The molecule has 0 spiro atoms. The Hall–Kier alpha value is -1.05. The van der Waals surface area contributed by atoms with Gasteiger partial charge in [0.25, 0.3) is 0 Å². The van der Waals surface area contributed by atoms with Crippen molar-refractivity contribution in [2.24, 2.45) is 0 Å². The summed E-state index contributed by atoms with van der Waals surface area (Å²) in [5.41, 5.74) is 0. The lowest BCUT2D eigenvalue weighted by Gasteiger charge is -2.04. The average Bonchev–Trinajstić information content (AvgIpc) is 2.39. The fraction of sp³-hybridized carbons (Fsp3) is 0.786. The standard InChI is InChI=1S/C14H24O4/c1-2-3-4-5-6-7-8-9-10-14(17)18-12-13(16)11-15/h13,15-16H,2-8,11-12H2,1H3. The highest BCUT2D eigenvalue weighted by atomic mass is 16.5. The van der Waals surface area contributed by atoms with Crippen LogP contribution in [-0.4, -0.2) is 35.5 Å². The van der Waals surface area contributed by atoms with E-state index in [1.165, 1.54) is 25.7 Å². The molecule has 2 N–H and O–H groups in total. The second-order valence-electron chi connectivity index (χ2n) is 4.25. The smallest absolute Gasteiger partial charge is 0.384 e. The highest BCUT2D eigenvalue weighted by Gasteiger charge is 2.04. The fourth-order valence-electron chi connectivity index (χ4n) is 1.39. The third kappa shape index (κ3) is 11.4. The van der Waals surface area contributed by atoms with E-state index in [4.69, 9.17) is 10.2 Å². The maximum atomic E-state index is 11.0. The largest absolute Gasteiger partial charge is 0.453 e. The number of esters is 1. The monoisotopic (exact) mass is 256 g/mol. The Kier molecular flexibility index (Phi) is 11.7. The van der Waals surface area contributed by atoms with Gasteiger partial charge in [-0.05, 0) is 6.42 Å². The Morgan fingerprint density at radius 2 is 1.89 bits per heavy atom. The van der Waals surface area contributed by atoms with Gasteiger partial charge in [-0.25, -0.2) is 4.79 Å². The minimum atomic E-state index is -1.02. The Morgan fingerprint density at radius 1 is 1.22 bits per heavy atom. The molecule has 0 heterocycles. The maximum Gasteiger partial charge on any atom is 0.384 e. The van der Waals surface area contributed by atoms with Gasteiger partial charge in [-0.3, -0.25) is 0 Å². The maximum absolute atomic E-state index is 11.0. The van der Waals surface area contributed by atoms with Crippen LogP contribution in [0.4, 0.5) is 0 Å². The molecule has 0 aliphatic carbocycles. The summed E-state index contributed by atoms with van der Waals surface area (Å²) >= 11 is 0. The molecule has 0 saturated carbocycles. The van der Waals surface area contributed by atoms with E-state index >= 15 is 0 Å². The van der Waals surface area contributed by atoms with Crippen molar-refractivity contribution in [2.45, 2.75) is 58.0 Å². The summed E-state index contributed by atoms with van der Waals surface area (Å²) < 4.78 is 4.63. The highest BCUT2D eigenvalue weighted by molar-refractivity contribution is 5.88. The molecule has 0 aliphatic rings. The number of carbonyl (C=O) groups is 1. The van der Waals surface area contributed by atoms with Gasteiger partial charge in [0.05, 0.1) is 6.61 Å². The van der Waals surface area contributed by atoms with Gasteiger partial charge < -0.3 is 14.9 Å². The van der Waals surface area contributed by atoms with Gasteiger partial charge in [-0.1, -0.05) is 44.9 Å². The highest BCUT2D eigenvalue weighted by Crippen LogP contribution is 2.06. The molecule has 0 rings (SSSR count). The SMILES string of the molecule is CCCCCCCCC#CC(=O)OCC(O)CO. The molecule has 1 unspecified atom stereocenters. The van der Waals surface area contributed by atoms with E-state index in [1.807, 2.05) is 0 Å². The van der Waals surface area contributed by atoms with Gasteiger partial charge in [-0.15, -0.1) is 0 Å². The van der Waals surface area contributed by atoms with E-state index in [1.54, 1.807) is 0 Å². The van der Waals surface area contributed by atoms with Crippen molar-refractivity contribution in [3.05, 3.63) is 0 Å². The van der Waals surface area contributed by atoms with Gasteiger partial charge in [-0.2, -0.15) is 0 Å². The molecule has 0 fully saturated rings. The summed E-state index contributed by atoms with van der Waals surface area (Å²) in [6.45, 7) is 1.56. The predicted octanol–water partition coefficient (Wildman–Crippen LogP) is 1.64. The Morgan fingerprint density at radius 3 is 2.56 bits per heavy atom. The lowest BCUT2D eigenvalue weighted by Crippen LogP contribution is -2.21. The van der Waals surface area contributed by atoms with Crippen LogP contribution < -0.4 is 0 Å². The zero-order valence-electron chi connectivity index (χ0n) is 11.2. The molecule has 0 aromatic rings. The summed E-state index contributed by atoms with van der Waals surface area (Å²) in [4.78, 5) is 11.0. The molecule has 104 valence electrons. The lowest BCUT2D eigenvalue weighted by molar-refractivity contribution is -0.140. The Bertz CT molecular complexity index is 265. The van der Waals surface area contributed by atoms with E-state index in [9.17, 15) is 4.79 Å². The molecule has 0 saturated heterocycles. The van der Waals surface area contributed by atoms with Crippen molar-refractivity contribution < 1.29 is 19.7 Å². The van der Waals surface area contributed by atoms with Crippen molar-refractivity contribution in [1.82, 2.24) is 0 Å². The Labute approximate surface area is 109 Å². The number of hydrogen-bond donors (Lipinski definition) is 2. The number of aliphatic hydroxyl groups is 2. The van der Waals surface area contributed by atoms with Crippen LogP contribution in [-0.2, 0) is 9.53 Å². The van der Waals surface area contributed by atoms with Crippen LogP contribution in [0.1, 0.15) is 51.9 Å². The van der Waals surface area contributed by atoms with Crippen molar-refractivity contribution in [3.63, 3.8) is 0 Å². The zero-order valence-corrected chi connectivity index (χ0v) is 11.2. The normalized spacial score (nSPS) is 11.5. The molecule has 0 radical (unpaired) electrons. The zero-order chi connectivity index (χ0) is 13.6. The van der Waals surface area contributed by atoms with Gasteiger partial charge in [0, 0.05) is 12.3 Å². The molecular formula is C14H24O4. The second-order valence-corrected chi connectivity index (χ2v) is 4.25. The van der Waals surface area contributed by atoms with Crippen LogP contribution in [0.25, 0.3) is 0 Å². The molecule has 0 aromatic heterocycles. The summed E-state index contributed by atoms with van der Waals surface area (Å²) in [5.74, 6) is 4.46. The number of ether oxygens (including phenoxy) is 1. The number of aliphatic hydroxyl groups excluding tert-OH is 2. The van der Waals surface area contributed by atoms with Crippen LogP contribution >= 0.6 is 0 Å². The number of hydrogen-bond acceptors (Lipinski definition) is 4. The quantitative estimate of drug-likeness (QED) is 0.285. The minimum Gasteiger partial charge on any atom is -0.453 e. The Balaban J connectivity index is 3.44. The first-order chi connectivity index (χ1) is 8.70. The first-order valence-electron chi connectivity index (χ1n) is 6.65. The number of unbranched alkanes of at least 4 members (excludes halogenated alkanes) is 6. The van der Waals surface area contributed by atoms with Gasteiger partial charge in [0.2, 0.25) is 0 Å². The van der Waals surface area contributed by atoms with Crippen LogP contribution in [0.15, 0.2) is 0 Å². The summed E-state index contributed by atoms with van der Waals surface area (Å²) in [6.07, 6.45) is 6.85. The van der Waals surface area contributed by atoms with E-state index < -0.39 is 18.7 Å². The number of rotatable bonds is 9. The molecule has 0 bridgehead atoms. The van der Waals surface area contributed by atoms with Crippen LogP contribution in [0.2, 0.25) is 0 Å². The summed E-state index contributed by atoms with van der Waals surface area (Å²) in [7, 11) is 0. The molecular weight excluding hydrogens is 232 g/mol. The second kappa shape index (κ2) is 12.4. The molecule has 0 aromatic carbocycles. The van der Waals surface area contributed by atoms with Gasteiger partial charge >= 0.3 is 5.97 Å². The van der Waals surface area contributed by atoms with Crippen molar-refractivity contribution in [2.75, 3.05) is 13.2 Å². The molecule has 4 nitrogen and oxygen atoms in total. The molecule has 18 heavy (non-hydrogen) atoms. The van der Waals surface area contributed by atoms with Gasteiger partial charge in [0.1, 0.15) is 12.7 Å². The number of carbonyl (C=O) groups excluding carboxylic acids is 1. The minimum absolute atomic E-state index is 0.207. The van der Waals surface area contributed by atoms with Crippen molar-refractivity contribution >= 4 is 5.97 Å². The molecule has 0 amide bonds. The molecule has 0 aliphatic heterocycles. The van der Waals surface area contributed by atoms with Crippen molar-refractivity contribution in [3.8, 4) is 11.8 Å². The van der Waals surface area contributed by atoms with Crippen LogP contribution in [0.5, 0.6) is 0 Å². The lowest BCUT2D eigenvalue weighted by atomic mass is 10.1. The predicted molar refractivity (Wildman–Crippen MR) is 69.8 cm³/mol. The summed E-state index contributed by atoms with van der Waals surface area (Å²) in [5, 5.41) is 17.4. The fourth-order valence-corrected chi connectivity index (χ4v) is 1.39. The molecule has 4 heteroatoms.